The Kier molecular flexibility index (Phi) is 7.08. The van der Waals surface area contributed by atoms with E-state index in [1.807, 2.05) is 30.3 Å². The molecular formula is C26H22FN3O3S. The Labute approximate surface area is 201 Å². The molecule has 1 atom stereocenters. The van der Waals surface area contributed by atoms with Gasteiger partial charge >= 0.3 is 0 Å². The van der Waals surface area contributed by atoms with Crippen LogP contribution in [0.15, 0.2) is 89.6 Å². The van der Waals surface area contributed by atoms with Gasteiger partial charge in [-0.25, -0.2) is 9.38 Å². The minimum absolute atomic E-state index is 0.235. The Hall–Kier alpha value is -3.91. The number of aliphatic imine (C=N–C) groups is 1. The molecule has 172 valence electrons. The van der Waals surface area contributed by atoms with Crippen LogP contribution in [0.5, 0.6) is 5.75 Å². The van der Waals surface area contributed by atoms with Crippen LogP contribution < -0.4 is 15.0 Å². The Morgan fingerprint density at radius 1 is 1.09 bits per heavy atom. The standard InChI is InChI=1S/C26H22FN3O3S/c1-17(24(31)28-20-9-6-10-22(16-20)33-2)34-26-29-23(15-18-7-4-3-5-8-18)25(32)30(26)21-13-11-19(27)12-14-21/h3-17H,1-2H3,(H,28,31)/b23-15-/t17-/m1/s1. The number of benzene rings is 3. The van der Waals surface area contributed by atoms with E-state index in [-0.39, 0.29) is 17.5 Å². The number of hydrogen-bond donors (Lipinski definition) is 1. The van der Waals surface area contributed by atoms with Crippen LogP contribution in [0.1, 0.15) is 12.5 Å². The second-order valence-corrected chi connectivity index (χ2v) is 8.74. The Bertz CT molecular complexity index is 1260. The zero-order valence-corrected chi connectivity index (χ0v) is 19.4. The predicted octanol–water partition coefficient (Wildman–Crippen LogP) is 5.34. The molecule has 1 aliphatic rings. The molecule has 3 aromatic rings. The van der Waals surface area contributed by atoms with Crippen molar-refractivity contribution in [1.29, 1.82) is 0 Å². The maximum atomic E-state index is 13.5. The summed E-state index contributed by atoms with van der Waals surface area (Å²) in [7, 11) is 1.55. The van der Waals surface area contributed by atoms with E-state index in [1.165, 1.54) is 29.2 Å². The van der Waals surface area contributed by atoms with Crippen LogP contribution in [0.2, 0.25) is 0 Å². The molecule has 2 amide bonds. The van der Waals surface area contributed by atoms with Crippen molar-refractivity contribution in [3.8, 4) is 5.75 Å². The van der Waals surface area contributed by atoms with Crippen molar-refractivity contribution in [2.75, 3.05) is 17.3 Å². The van der Waals surface area contributed by atoms with Crippen molar-refractivity contribution in [1.82, 2.24) is 0 Å². The van der Waals surface area contributed by atoms with E-state index < -0.39 is 11.1 Å². The van der Waals surface area contributed by atoms with Gasteiger partial charge in [0.25, 0.3) is 5.91 Å². The van der Waals surface area contributed by atoms with E-state index in [1.54, 1.807) is 44.4 Å². The molecule has 0 saturated heterocycles. The number of carbonyl (C=O) groups is 2. The van der Waals surface area contributed by atoms with Crippen molar-refractivity contribution in [3.63, 3.8) is 0 Å². The molecule has 0 bridgehead atoms. The summed E-state index contributed by atoms with van der Waals surface area (Å²) in [5.74, 6) is -0.388. The lowest BCUT2D eigenvalue weighted by atomic mass is 10.2. The van der Waals surface area contributed by atoms with Gasteiger partial charge in [-0.05, 0) is 55.0 Å². The average Bonchev–Trinajstić information content (AvgIpc) is 3.14. The Morgan fingerprint density at radius 3 is 2.53 bits per heavy atom. The van der Waals surface area contributed by atoms with E-state index in [0.717, 1.165) is 17.3 Å². The van der Waals surface area contributed by atoms with Gasteiger partial charge in [0.15, 0.2) is 5.17 Å². The third-order valence-electron chi connectivity index (χ3n) is 5.01. The van der Waals surface area contributed by atoms with Gasteiger partial charge in [0.1, 0.15) is 17.3 Å². The number of carbonyl (C=O) groups excluding carboxylic acids is 2. The largest absolute Gasteiger partial charge is 0.497 e. The lowest BCUT2D eigenvalue weighted by molar-refractivity contribution is -0.115. The van der Waals surface area contributed by atoms with Crippen LogP contribution in [0.3, 0.4) is 0 Å². The molecule has 0 spiro atoms. The SMILES string of the molecule is COc1cccc(NC(=O)[C@@H](C)SC2=N/C(=C\c3ccccc3)C(=O)N2c2ccc(F)cc2)c1. The van der Waals surface area contributed by atoms with Crippen LogP contribution >= 0.6 is 11.8 Å². The monoisotopic (exact) mass is 475 g/mol. The van der Waals surface area contributed by atoms with Gasteiger partial charge in [-0.3, -0.25) is 14.5 Å². The number of anilines is 2. The highest BCUT2D eigenvalue weighted by Gasteiger charge is 2.34. The molecule has 1 aliphatic heterocycles. The van der Waals surface area contributed by atoms with Gasteiger partial charge < -0.3 is 10.1 Å². The molecule has 0 saturated carbocycles. The molecule has 0 aliphatic carbocycles. The fourth-order valence-electron chi connectivity index (χ4n) is 3.26. The third-order valence-corrected chi connectivity index (χ3v) is 6.06. The van der Waals surface area contributed by atoms with E-state index in [4.69, 9.17) is 4.74 Å². The molecule has 4 rings (SSSR count). The number of halogens is 1. The summed E-state index contributed by atoms with van der Waals surface area (Å²) < 4.78 is 18.7. The Balaban J connectivity index is 1.59. The normalized spacial score (nSPS) is 15.3. The number of rotatable bonds is 6. The maximum Gasteiger partial charge on any atom is 0.283 e. The average molecular weight is 476 g/mol. The van der Waals surface area contributed by atoms with Gasteiger partial charge in [0.2, 0.25) is 5.91 Å². The molecule has 6 nitrogen and oxygen atoms in total. The molecule has 1 heterocycles. The van der Waals surface area contributed by atoms with Crippen LogP contribution in [0, 0.1) is 5.82 Å². The summed E-state index contributed by atoms with van der Waals surface area (Å²) in [4.78, 5) is 32.0. The van der Waals surface area contributed by atoms with Crippen molar-refractivity contribution in [3.05, 3.63) is 95.9 Å². The number of ether oxygens (including phenoxy) is 1. The lowest BCUT2D eigenvalue weighted by Crippen LogP contribution is -2.33. The number of amidine groups is 1. The molecule has 0 radical (unpaired) electrons. The van der Waals surface area contributed by atoms with Gasteiger partial charge in [0, 0.05) is 11.8 Å². The van der Waals surface area contributed by atoms with Crippen LogP contribution in [0.4, 0.5) is 15.8 Å². The second kappa shape index (κ2) is 10.4. The zero-order valence-electron chi connectivity index (χ0n) is 18.6. The molecule has 34 heavy (non-hydrogen) atoms. The first-order valence-corrected chi connectivity index (χ1v) is 11.4. The molecular weight excluding hydrogens is 453 g/mol. The smallest absolute Gasteiger partial charge is 0.283 e. The van der Waals surface area contributed by atoms with E-state index in [0.29, 0.717) is 22.3 Å². The topological polar surface area (TPSA) is 71.0 Å². The van der Waals surface area contributed by atoms with Crippen molar-refractivity contribution in [2.45, 2.75) is 12.2 Å². The number of nitrogens with zero attached hydrogens (tertiary/aromatic N) is 2. The first-order valence-electron chi connectivity index (χ1n) is 10.5. The van der Waals surface area contributed by atoms with Crippen LogP contribution in [0.25, 0.3) is 6.08 Å². The number of methoxy groups -OCH3 is 1. The summed E-state index contributed by atoms with van der Waals surface area (Å²) >= 11 is 1.15. The maximum absolute atomic E-state index is 13.5. The first kappa shape index (κ1) is 23.3. The van der Waals surface area contributed by atoms with Gasteiger partial charge in [-0.15, -0.1) is 0 Å². The van der Waals surface area contributed by atoms with Gasteiger partial charge in [-0.1, -0.05) is 48.2 Å². The highest BCUT2D eigenvalue weighted by atomic mass is 32.2. The second-order valence-electron chi connectivity index (χ2n) is 7.43. The number of thioether (sulfide) groups is 1. The Morgan fingerprint density at radius 2 is 1.82 bits per heavy atom. The van der Waals surface area contributed by atoms with Crippen molar-refractivity contribution < 1.29 is 18.7 Å². The summed E-state index contributed by atoms with van der Waals surface area (Å²) in [6.45, 7) is 1.73. The molecule has 0 aromatic heterocycles. The van der Waals surface area contributed by atoms with E-state index >= 15 is 0 Å². The van der Waals surface area contributed by atoms with Crippen LogP contribution in [-0.2, 0) is 9.59 Å². The highest BCUT2D eigenvalue weighted by Crippen LogP contribution is 2.31. The first-order chi connectivity index (χ1) is 16.4. The number of hydrogen-bond acceptors (Lipinski definition) is 5. The summed E-state index contributed by atoms with van der Waals surface area (Å²) in [6.07, 6.45) is 1.69. The molecule has 0 fully saturated rings. The molecule has 8 heteroatoms. The van der Waals surface area contributed by atoms with Gasteiger partial charge in [0.05, 0.1) is 18.0 Å². The van der Waals surface area contributed by atoms with Crippen molar-refractivity contribution >= 4 is 46.2 Å². The molecule has 3 aromatic carbocycles. The van der Waals surface area contributed by atoms with Crippen molar-refractivity contribution in [2.24, 2.45) is 4.99 Å². The zero-order chi connectivity index (χ0) is 24.1. The third kappa shape index (κ3) is 5.35. The molecule has 1 N–H and O–H groups in total. The summed E-state index contributed by atoms with van der Waals surface area (Å²) in [5.41, 5.74) is 2.12. The highest BCUT2D eigenvalue weighted by molar-refractivity contribution is 8.15. The number of amides is 2. The summed E-state index contributed by atoms with van der Waals surface area (Å²) in [5, 5.41) is 2.62. The molecule has 0 unspecified atom stereocenters. The van der Waals surface area contributed by atoms with Gasteiger partial charge in [-0.2, -0.15) is 0 Å². The number of nitrogens with one attached hydrogen (secondary N) is 1. The fourth-order valence-corrected chi connectivity index (χ4v) is 4.18. The predicted molar refractivity (Wildman–Crippen MR) is 134 cm³/mol. The van der Waals surface area contributed by atoms with Crippen LogP contribution in [-0.4, -0.2) is 29.3 Å². The fraction of sp³-hybridized carbons (Fsp3) is 0.115. The minimum Gasteiger partial charge on any atom is -0.497 e. The lowest BCUT2D eigenvalue weighted by Gasteiger charge is -2.20. The quantitative estimate of drug-likeness (QED) is 0.489. The van der Waals surface area contributed by atoms with E-state index in [2.05, 4.69) is 10.3 Å². The summed E-state index contributed by atoms with van der Waals surface area (Å²) in [6, 6.07) is 22.0. The van der Waals surface area contributed by atoms with E-state index in [9.17, 15) is 14.0 Å². The minimum atomic E-state index is -0.572.